The molecule has 1 aliphatic rings. The molecule has 0 nitrogen and oxygen atoms in total. The normalized spacial score (nSPS) is 28.6. The summed E-state index contributed by atoms with van der Waals surface area (Å²) in [6.45, 7) is 6.33. The van der Waals surface area contributed by atoms with E-state index in [0.717, 1.165) is 5.92 Å². The van der Waals surface area contributed by atoms with Crippen LogP contribution in [0.5, 0.6) is 0 Å². The Morgan fingerprint density at radius 3 is 3.10 bits per heavy atom. The summed E-state index contributed by atoms with van der Waals surface area (Å²) in [5.41, 5.74) is 1.35. The summed E-state index contributed by atoms with van der Waals surface area (Å²) in [5.74, 6) is 0.935. The third-order valence-electron chi connectivity index (χ3n) is 2.29. The fourth-order valence-corrected chi connectivity index (χ4v) is 1.50. The van der Waals surface area contributed by atoms with Gasteiger partial charge in [-0.1, -0.05) is 25.0 Å². The molecule has 10 heavy (non-hydrogen) atoms. The molecule has 0 N–H and O–H groups in total. The first-order valence-electron chi connectivity index (χ1n) is 4.30. The van der Waals surface area contributed by atoms with Crippen molar-refractivity contribution in [2.24, 2.45) is 5.92 Å². The lowest BCUT2D eigenvalue weighted by Gasteiger charge is -2.13. The summed E-state index contributed by atoms with van der Waals surface area (Å²) in [4.78, 5) is 0. The predicted molar refractivity (Wildman–Crippen MR) is 45.7 cm³/mol. The lowest BCUT2D eigenvalue weighted by molar-refractivity contribution is 0.470. The van der Waals surface area contributed by atoms with Crippen LogP contribution in [0.15, 0.2) is 11.6 Å². The van der Waals surface area contributed by atoms with E-state index < -0.39 is 0 Å². The van der Waals surface area contributed by atoms with E-state index in [2.05, 4.69) is 19.9 Å². The Kier molecular flexibility index (Phi) is 2.98. The molecule has 0 aliphatic heterocycles. The highest BCUT2D eigenvalue weighted by atomic mass is 14.1. The van der Waals surface area contributed by atoms with Crippen LogP contribution in [0, 0.1) is 12.8 Å². The fraction of sp³-hybridized carbons (Fsp3) is 0.700. The monoisotopic (exact) mass is 137 g/mol. The lowest BCUT2D eigenvalue weighted by atomic mass is 9.93. The number of hydrogen-bond donors (Lipinski definition) is 0. The maximum atomic E-state index is 3.99. The summed E-state index contributed by atoms with van der Waals surface area (Å²) < 4.78 is 0. The third-order valence-corrected chi connectivity index (χ3v) is 2.29. The van der Waals surface area contributed by atoms with Crippen molar-refractivity contribution in [1.29, 1.82) is 0 Å². The summed E-state index contributed by atoms with van der Waals surface area (Å²) >= 11 is 0. The Bertz CT molecular complexity index is 122. The molecule has 0 saturated carbocycles. The molecule has 0 bridgehead atoms. The van der Waals surface area contributed by atoms with E-state index in [1.54, 1.807) is 0 Å². The Balaban J connectivity index is 2.38. The van der Waals surface area contributed by atoms with Crippen LogP contribution < -0.4 is 0 Å². The molecule has 1 atom stereocenters. The highest BCUT2D eigenvalue weighted by molar-refractivity contribution is 5.05. The van der Waals surface area contributed by atoms with Crippen molar-refractivity contribution in [3.8, 4) is 0 Å². The molecule has 0 fully saturated rings. The molecular formula is C10H17. The van der Waals surface area contributed by atoms with Gasteiger partial charge in [0.05, 0.1) is 0 Å². The second-order valence-corrected chi connectivity index (χ2v) is 3.44. The largest absolute Gasteiger partial charge is 0.0853 e. The van der Waals surface area contributed by atoms with Gasteiger partial charge in [0.2, 0.25) is 0 Å². The minimum absolute atomic E-state index is 0.935. The smallest absolute Gasteiger partial charge is 0.0283 e. The summed E-state index contributed by atoms with van der Waals surface area (Å²) in [7, 11) is 0. The van der Waals surface area contributed by atoms with Crippen LogP contribution >= 0.6 is 0 Å². The van der Waals surface area contributed by atoms with Crippen LogP contribution in [0.1, 0.15) is 39.0 Å². The molecule has 0 aromatic carbocycles. The van der Waals surface area contributed by atoms with Crippen LogP contribution in [0.3, 0.4) is 0 Å². The number of allylic oxidation sites excluding steroid dienone is 2. The fourth-order valence-electron chi connectivity index (χ4n) is 1.50. The van der Waals surface area contributed by atoms with E-state index in [-0.39, 0.29) is 0 Å². The molecule has 0 aromatic heterocycles. The molecule has 0 spiro atoms. The molecule has 0 heteroatoms. The van der Waals surface area contributed by atoms with Gasteiger partial charge in [0.1, 0.15) is 0 Å². The van der Waals surface area contributed by atoms with Gasteiger partial charge < -0.3 is 0 Å². The van der Waals surface area contributed by atoms with Gasteiger partial charge in [0.25, 0.3) is 0 Å². The van der Waals surface area contributed by atoms with Gasteiger partial charge in [-0.15, -0.1) is 0 Å². The van der Waals surface area contributed by atoms with Crippen molar-refractivity contribution in [3.05, 3.63) is 18.6 Å². The molecule has 0 heterocycles. The van der Waals surface area contributed by atoms with E-state index >= 15 is 0 Å². The van der Waals surface area contributed by atoms with E-state index in [9.17, 15) is 0 Å². The molecule has 1 radical (unpaired) electrons. The van der Waals surface area contributed by atoms with Crippen LogP contribution in [0.2, 0.25) is 0 Å². The summed E-state index contributed by atoms with van der Waals surface area (Å²) in [6.07, 6.45) is 8.88. The van der Waals surface area contributed by atoms with Crippen molar-refractivity contribution < 1.29 is 0 Å². The molecule has 57 valence electrons. The SMILES string of the molecule is [CH2]C1=CCCC(C)CCC1. The van der Waals surface area contributed by atoms with Gasteiger partial charge in [-0.3, -0.25) is 0 Å². The van der Waals surface area contributed by atoms with Crippen molar-refractivity contribution >= 4 is 0 Å². The van der Waals surface area contributed by atoms with Crippen molar-refractivity contribution in [3.63, 3.8) is 0 Å². The number of hydrogen-bond acceptors (Lipinski definition) is 0. The first-order chi connectivity index (χ1) is 4.79. The van der Waals surface area contributed by atoms with Crippen LogP contribution in [-0.4, -0.2) is 0 Å². The minimum atomic E-state index is 0.935. The predicted octanol–water partition coefficient (Wildman–Crippen LogP) is 3.35. The highest BCUT2D eigenvalue weighted by Crippen LogP contribution is 2.20. The zero-order chi connectivity index (χ0) is 7.40. The lowest BCUT2D eigenvalue weighted by Crippen LogP contribution is -1.97. The number of rotatable bonds is 0. The van der Waals surface area contributed by atoms with Crippen LogP contribution in [0.25, 0.3) is 0 Å². The zero-order valence-corrected chi connectivity index (χ0v) is 6.90. The van der Waals surface area contributed by atoms with Crippen molar-refractivity contribution in [2.45, 2.75) is 39.0 Å². The molecule has 0 saturated heterocycles. The average Bonchev–Trinajstić information content (AvgIpc) is 1.84. The first-order valence-corrected chi connectivity index (χ1v) is 4.30. The average molecular weight is 137 g/mol. The maximum Gasteiger partial charge on any atom is -0.0283 e. The van der Waals surface area contributed by atoms with E-state index in [1.165, 1.54) is 37.7 Å². The van der Waals surface area contributed by atoms with Crippen molar-refractivity contribution in [1.82, 2.24) is 0 Å². The molecule has 1 rings (SSSR count). The van der Waals surface area contributed by atoms with Gasteiger partial charge in [0.15, 0.2) is 0 Å². The van der Waals surface area contributed by atoms with Gasteiger partial charge in [-0.25, -0.2) is 0 Å². The quantitative estimate of drug-likeness (QED) is 0.480. The molecule has 0 aromatic rings. The molecular weight excluding hydrogens is 120 g/mol. The summed E-state index contributed by atoms with van der Waals surface area (Å²) in [6, 6.07) is 0. The van der Waals surface area contributed by atoms with Crippen molar-refractivity contribution in [2.75, 3.05) is 0 Å². The van der Waals surface area contributed by atoms with E-state index in [0.29, 0.717) is 0 Å². The topological polar surface area (TPSA) is 0 Å². The first kappa shape index (κ1) is 7.84. The Hall–Kier alpha value is -0.260. The van der Waals surface area contributed by atoms with Gasteiger partial charge >= 0.3 is 0 Å². The molecule has 1 unspecified atom stereocenters. The Morgan fingerprint density at radius 1 is 1.50 bits per heavy atom. The Morgan fingerprint density at radius 2 is 2.30 bits per heavy atom. The highest BCUT2D eigenvalue weighted by Gasteiger charge is 2.04. The van der Waals surface area contributed by atoms with Gasteiger partial charge in [-0.2, -0.15) is 0 Å². The van der Waals surface area contributed by atoms with Crippen LogP contribution in [0.4, 0.5) is 0 Å². The summed E-state index contributed by atoms with van der Waals surface area (Å²) in [5, 5.41) is 0. The second kappa shape index (κ2) is 3.80. The molecule has 1 aliphatic carbocycles. The molecule has 0 amide bonds. The maximum absolute atomic E-state index is 3.99. The van der Waals surface area contributed by atoms with E-state index in [4.69, 9.17) is 0 Å². The minimum Gasteiger partial charge on any atom is -0.0853 e. The van der Waals surface area contributed by atoms with Gasteiger partial charge in [-0.05, 0) is 38.5 Å². The third kappa shape index (κ3) is 2.55. The second-order valence-electron chi connectivity index (χ2n) is 3.44. The van der Waals surface area contributed by atoms with Gasteiger partial charge in [0, 0.05) is 0 Å². The van der Waals surface area contributed by atoms with Crippen LogP contribution in [-0.2, 0) is 0 Å². The zero-order valence-electron chi connectivity index (χ0n) is 6.90. The Labute approximate surface area is 64.3 Å². The standard InChI is InChI=1S/C10H17/c1-9-5-3-7-10(2)8-4-6-9/h5,10H,1,3-4,6-8H2,2H3. The van der Waals surface area contributed by atoms with E-state index in [1.807, 2.05) is 0 Å².